The number of aliphatic hydroxyl groups excluding tert-OH is 1. The molecule has 0 spiro atoms. The van der Waals surface area contributed by atoms with Crippen LogP contribution in [0.2, 0.25) is 0 Å². The number of rotatable bonds is 11. The highest BCUT2D eigenvalue weighted by atomic mass is 16.5. The van der Waals surface area contributed by atoms with E-state index in [1.165, 1.54) is 0 Å². The van der Waals surface area contributed by atoms with Crippen molar-refractivity contribution >= 4 is 23.7 Å². The van der Waals surface area contributed by atoms with E-state index in [4.69, 9.17) is 10.5 Å². The SMILES string of the molecule is CCOC(=O)C[C@H](C)[C@@H](NC(=O)[C@H](O)[C@@H](NC(=O)c1ccccc1)c1ccccc1)C(N)=O. The quantitative estimate of drug-likeness (QED) is 0.373. The van der Waals surface area contributed by atoms with Crippen LogP contribution in [0.1, 0.15) is 42.2 Å². The van der Waals surface area contributed by atoms with E-state index in [1.54, 1.807) is 74.5 Å². The van der Waals surface area contributed by atoms with Gasteiger partial charge in [-0.2, -0.15) is 0 Å². The fourth-order valence-corrected chi connectivity index (χ4v) is 3.30. The van der Waals surface area contributed by atoms with Gasteiger partial charge in [-0.05, 0) is 30.5 Å². The van der Waals surface area contributed by atoms with Gasteiger partial charge in [-0.15, -0.1) is 0 Å². The van der Waals surface area contributed by atoms with Gasteiger partial charge in [0.1, 0.15) is 6.04 Å². The van der Waals surface area contributed by atoms with Gasteiger partial charge in [0.15, 0.2) is 6.10 Å². The van der Waals surface area contributed by atoms with E-state index in [0.29, 0.717) is 11.1 Å². The minimum atomic E-state index is -1.74. The molecule has 0 fully saturated rings. The second-order valence-electron chi connectivity index (χ2n) is 7.55. The molecule has 176 valence electrons. The molecule has 0 saturated heterocycles. The van der Waals surface area contributed by atoms with Gasteiger partial charge in [-0.1, -0.05) is 55.5 Å². The number of hydrogen-bond donors (Lipinski definition) is 4. The van der Waals surface area contributed by atoms with Crippen LogP contribution in [0.25, 0.3) is 0 Å². The lowest BCUT2D eigenvalue weighted by Gasteiger charge is -2.27. The van der Waals surface area contributed by atoms with Crippen LogP contribution < -0.4 is 16.4 Å². The molecular weight excluding hydrogens is 426 g/mol. The summed E-state index contributed by atoms with van der Waals surface area (Å²) in [5.74, 6) is -3.48. The Bertz CT molecular complexity index is 951. The number of nitrogens with two attached hydrogens (primary N) is 1. The molecule has 33 heavy (non-hydrogen) atoms. The van der Waals surface area contributed by atoms with Crippen LogP contribution in [0.4, 0.5) is 0 Å². The maximum atomic E-state index is 12.9. The van der Waals surface area contributed by atoms with Crippen molar-refractivity contribution < 1.29 is 29.0 Å². The number of primary amides is 1. The summed E-state index contributed by atoms with van der Waals surface area (Å²) < 4.78 is 4.88. The van der Waals surface area contributed by atoms with E-state index >= 15 is 0 Å². The topological polar surface area (TPSA) is 148 Å². The maximum Gasteiger partial charge on any atom is 0.306 e. The third-order valence-corrected chi connectivity index (χ3v) is 5.03. The summed E-state index contributed by atoms with van der Waals surface area (Å²) in [6, 6.07) is 14.5. The fourth-order valence-electron chi connectivity index (χ4n) is 3.30. The second kappa shape index (κ2) is 12.4. The summed E-state index contributed by atoms with van der Waals surface area (Å²) in [5, 5.41) is 15.9. The van der Waals surface area contributed by atoms with Gasteiger partial charge >= 0.3 is 5.97 Å². The Labute approximate surface area is 192 Å². The zero-order valence-corrected chi connectivity index (χ0v) is 18.6. The summed E-state index contributed by atoms with van der Waals surface area (Å²) in [6.45, 7) is 3.39. The molecule has 2 aromatic rings. The lowest BCUT2D eigenvalue weighted by atomic mass is 9.96. The molecule has 2 rings (SSSR count). The second-order valence-corrected chi connectivity index (χ2v) is 7.55. The van der Waals surface area contributed by atoms with Crippen molar-refractivity contribution in [1.29, 1.82) is 0 Å². The van der Waals surface area contributed by atoms with Gasteiger partial charge < -0.3 is 26.2 Å². The van der Waals surface area contributed by atoms with Gasteiger partial charge in [-0.3, -0.25) is 19.2 Å². The van der Waals surface area contributed by atoms with Crippen molar-refractivity contribution in [1.82, 2.24) is 10.6 Å². The highest BCUT2D eigenvalue weighted by Gasteiger charge is 2.34. The van der Waals surface area contributed by atoms with Crippen LogP contribution in [0, 0.1) is 5.92 Å². The third-order valence-electron chi connectivity index (χ3n) is 5.03. The Morgan fingerprint density at radius 1 is 0.970 bits per heavy atom. The van der Waals surface area contributed by atoms with Gasteiger partial charge in [0.25, 0.3) is 11.8 Å². The molecule has 0 unspecified atom stereocenters. The van der Waals surface area contributed by atoms with E-state index in [2.05, 4.69) is 10.6 Å². The average molecular weight is 456 g/mol. The number of hydrogen-bond acceptors (Lipinski definition) is 6. The smallest absolute Gasteiger partial charge is 0.306 e. The number of amides is 3. The molecule has 9 nitrogen and oxygen atoms in total. The molecular formula is C24H29N3O6. The van der Waals surface area contributed by atoms with Crippen LogP contribution in [0.5, 0.6) is 0 Å². The molecule has 0 aliphatic carbocycles. The highest BCUT2D eigenvalue weighted by molar-refractivity contribution is 5.95. The molecule has 5 N–H and O–H groups in total. The average Bonchev–Trinajstić information content (AvgIpc) is 2.81. The third kappa shape index (κ3) is 7.43. The van der Waals surface area contributed by atoms with Crippen LogP contribution in [-0.4, -0.2) is 47.6 Å². The van der Waals surface area contributed by atoms with Crippen molar-refractivity contribution in [3.63, 3.8) is 0 Å². The molecule has 0 aromatic heterocycles. The van der Waals surface area contributed by atoms with Crippen molar-refractivity contribution in [3.05, 3.63) is 71.8 Å². The van der Waals surface area contributed by atoms with Gasteiger partial charge in [-0.25, -0.2) is 0 Å². The number of ether oxygens (including phenoxy) is 1. The van der Waals surface area contributed by atoms with Crippen LogP contribution in [0.15, 0.2) is 60.7 Å². The number of carbonyl (C=O) groups is 4. The maximum absolute atomic E-state index is 12.9. The Kier molecular flexibility index (Phi) is 9.56. The molecule has 0 bridgehead atoms. The first-order valence-electron chi connectivity index (χ1n) is 10.6. The van der Waals surface area contributed by atoms with E-state index in [1.807, 2.05) is 0 Å². The lowest BCUT2D eigenvalue weighted by Crippen LogP contribution is -2.54. The first-order chi connectivity index (χ1) is 15.7. The fraction of sp³-hybridized carbons (Fsp3) is 0.333. The van der Waals surface area contributed by atoms with Crippen molar-refractivity contribution in [2.24, 2.45) is 11.7 Å². The number of benzene rings is 2. The van der Waals surface area contributed by atoms with Gasteiger partial charge in [0.2, 0.25) is 5.91 Å². The molecule has 0 aliphatic heterocycles. The Balaban J connectivity index is 2.20. The molecule has 3 amide bonds. The van der Waals surface area contributed by atoms with E-state index < -0.39 is 47.8 Å². The number of nitrogens with one attached hydrogen (secondary N) is 2. The Morgan fingerprint density at radius 2 is 1.55 bits per heavy atom. The Hall–Kier alpha value is -3.72. The predicted octanol–water partition coefficient (Wildman–Crippen LogP) is 1.08. The summed E-state index contributed by atoms with van der Waals surface area (Å²) in [7, 11) is 0. The normalized spacial score (nSPS) is 14.3. The largest absolute Gasteiger partial charge is 0.466 e. The summed E-state index contributed by atoms with van der Waals surface area (Å²) in [5.41, 5.74) is 6.26. The summed E-state index contributed by atoms with van der Waals surface area (Å²) in [4.78, 5) is 49.3. The minimum absolute atomic E-state index is 0.148. The first-order valence-corrected chi connectivity index (χ1v) is 10.6. The molecule has 9 heteroatoms. The van der Waals surface area contributed by atoms with Gasteiger partial charge in [0, 0.05) is 5.56 Å². The first kappa shape index (κ1) is 25.5. The number of esters is 1. The van der Waals surface area contributed by atoms with Crippen LogP contribution >= 0.6 is 0 Å². The summed E-state index contributed by atoms with van der Waals surface area (Å²) >= 11 is 0. The lowest BCUT2D eigenvalue weighted by molar-refractivity contribution is -0.145. The number of aliphatic hydroxyl groups is 1. The predicted molar refractivity (Wildman–Crippen MR) is 121 cm³/mol. The van der Waals surface area contributed by atoms with Crippen molar-refractivity contribution in [3.8, 4) is 0 Å². The van der Waals surface area contributed by atoms with Crippen LogP contribution in [0.3, 0.4) is 0 Å². The van der Waals surface area contributed by atoms with E-state index in [9.17, 15) is 24.3 Å². The molecule has 0 aliphatic rings. The van der Waals surface area contributed by atoms with Gasteiger partial charge in [0.05, 0.1) is 19.1 Å². The highest BCUT2D eigenvalue weighted by Crippen LogP contribution is 2.19. The zero-order chi connectivity index (χ0) is 24.4. The standard InChI is InChI=1S/C24H29N3O6/c1-3-33-18(28)14-15(2)19(22(25)30)26-24(32)21(29)20(16-10-6-4-7-11-16)27-23(31)17-12-8-5-9-13-17/h4-13,15,19-21,29H,3,14H2,1-2H3,(H2,25,30)(H,26,32)(H,27,31)/t15-,19+,20-,21+/m0/s1. The Morgan fingerprint density at radius 3 is 2.09 bits per heavy atom. The van der Waals surface area contributed by atoms with Crippen molar-refractivity contribution in [2.45, 2.75) is 38.5 Å². The zero-order valence-electron chi connectivity index (χ0n) is 18.6. The van der Waals surface area contributed by atoms with Crippen LogP contribution in [-0.2, 0) is 19.1 Å². The minimum Gasteiger partial charge on any atom is -0.466 e. The van der Waals surface area contributed by atoms with E-state index in [0.717, 1.165) is 0 Å². The monoisotopic (exact) mass is 455 g/mol. The van der Waals surface area contributed by atoms with Crippen molar-refractivity contribution in [2.75, 3.05) is 6.61 Å². The molecule has 0 saturated carbocycles. The molecule has 0 heterocycles. The van der Waals surface area contributed by atoms with E-state index in [-0.39, 0.29) is 13.0 Å². The number of carbonyl (C=O) groups excluding carboxylic acids is 4. The summed E-state index contributed by atoms with van der Waals surface area (Å²) in [6.07, 6.45) is -1.89. The molecule has 4 atom stereocenters. The molecule has 0 radical (unpaired) electrons. The molecule has 2 aromatic carbocycles.